The Balaban J connectivity index is 1.38. The lowest BCUT2D eigenvalue weighted by atomic mass is 10.0. The van der Waals surface area contributed by atoms with Gasteiger partial charge in [-0.25, -0.2) is 0 Å². The van der Waals surface area contributed by atoms with Crippen molar-refractivity contribution in [3.8, 4) is 10.6 Å². The van der Waals surface area contributed by atoms with Crippen LogP contribution in [-0.4, -0.2) is 32.0 Å². The summed E-state index contributed by atoms with van der Waals surface area (Å²) in [5, 5.41) is 22.5. The summed E-state index contributed by atoms with van der Waals surface area (Å²) in [6, 6.07) is 16.8. The van der Waals surface area contributed by atoms with Crippen molar-refractivity contribution in [1.29, 1.82) is 0 Å². The number of nitrogens with two attached hydrogens (primary N) is 1. The standard InChI is InChI=1S/C20H20N6S/c1-12-15-8-7-14(9-16(15)24-23-12)18-25-26-19(27-18)22-20(11-17(20)21)10-13-5-3-2-4-6-13/h2-9,17H,10-11,21H2,1H3,(H,22,26)(H,23,24)/t17-,20?/m1/s1. The Morgan fingerprint density at radius 2 is 2.04 bits per heavy atom. The SMILES string of the molecule is Cc1[nH]nc2cc(-c3nnc(NC4(Cc5ccccc5)C[C@H]4N)s3)ccc12. The van der Waals surface area contributed by atoms with Crippen LogP contribution in [0.5, 0.6) is 0 Å². The van der Waals surface area contributed by atoms with Crippen LogP contribution in [0.2, 0.25) is 0 Å². The number of nitrogens with one attached hydrogen (secondary N) is 2. The number of fused-ring (bicyclic) bond motifs is 1. The Kier molecular flexibility index (Phi) is 3.73. The minimum absolute atomic E-state index is 0.124. The summed E-state index contributed by atoms with van der Waals surface area (Å²) in [5.41, 5.74) is 10.5. The number of aryl methyl sites for hydroxylation is 1. The third-order valence-electron chi connectivity index (χ3n) is 5.27. The Morgan fingerprint density at radius 3 is 2.81 bits per heavy atom. The van der Waals surface area contributed by atoms with E-state index in [1.54, 1.807) is 11.3 Å². The number of H-pyrrole nitrogens is 1. The molecular formula is C20H20N6S. The summed E-state index contributed by atoms with van der Waals surface area (Å²) < 4.78 is 0. The van der Waals surface area contributed by atoms with Gasteiger partial charge in [0, 0.05) is 22.7 Å². The van der Waals surface area contributed by atoms with Crippen LogP contribution < -0.4 is 11.1 Å². The van der Waals surface area contributed by atoms with E-state index in [0.29, 0.717) is 0 Å². The van der Waals surface area contributed by atoms with Gasteiger partial charge in [-0.05, 0) is 31.4 Å². The molecule has 7 heteroatoms. The molecule has 1 aliphatic rings. The van der Waals surface area contributed by atoms with Crippen LogP contribution >= 0.6 is 11.3 Å². The number of aromatic nitrogens is 4. The van der Waals surface area contributed by atoms with Gasteiger partial charge in [0.15, 0.2) is 0 Å². The van der Waals surface area contributed by atoms with Crippen LogP contribution in [-0.2, 0) is 6.42 Å². The van der Waals surface area contributed by atoms with Crippen molar-refractivity contribution in [2.24, 2.45) is 5.73 Å². The van der Waals surface area contributed by atoms with Crippen LogP contribution in [0.3, 0.4) is 0 Å². The lowest BCUT2D eigenvalue weighted by molar-refractivity contribution is 0.690. The van der Waals surface area contributed by atoms with E-state index in [2.05, 4.69) is 62.1 Å². The highest BCUT2D eigenvalue weighted by atomic mass is 32.1. The van der Waals surface area contributed by atoms with Crippen LogP contribution in [0.4, 0.5) is 5.13 Å². The molecule has 1 fully saturated rings. The first-order chi connectivity index (χ1) is 13.1. The van der Waals surface area contributed by atoms with E-state index < -0.39 is 0 Å². The Bertz CT molecular complexity index is 1100. The number of nitrogens with zero attached hydrogens (tertiary/aromatic N) is 3. The summed E-state index contributed by atoms with van der Waals surface area (Å²) in [7, 11) is 0. The van der Waals surface area contributed by atoms with Crippen molar-refractivity contribution >= 4 is 27.4 Å². The summed E-state index contributed by atoms with van der Waals surface area (Å²) >= 11 is 1.55. The molecule has 0 spiro atoms. The second-order valence-corrected chi connectivity index (χ2v) is 8.22. The van der Waals surface area contributed by atoms with Crippen molar-refractivity contribution in [2.45, 2.75) is 31.3 Å². The number of benzene rings is 2. The number of rotatable bonds is 5. The highest BCUT2D eigenvalue weighted by molar-refractivity contribution is 7.18. The molecule has 1 aliphatic carbocycles. The number of hydrogen-bond donors (Lipinski definition) is 3. The van der Waals surface area contributed by atoms with E-state index in [0.717, 1.165) is 45.1 Å². The van der Waals surface area contributed by atoms with E-state index in [-0.39, 0.29) is 11.6 Å². The molecule has 2 heterocycles. The minimum atomic E-state index is -0.124. The molecule has 1 saturated carbocycles. The summed E-state index contributed by atoms with van der Waals surface area (Å²) in [6.07, 6.45) is 1.83. The largest absolute Gasteiger partial charge is 0.353 e. The normalized spacial score (nSPS) is 21.5. The van der Waals surface area contributed by atoms with E-state index in [1.165, 1.54) is 5.56 Å². The maximum atomic E-state index is 6.26. The van der Waals surface area contributed by atoms with Gasteiger partial charge in [0.05, 0.1) is 11.1 Å². The molecule has 2 aromatic carbocycles. The van der Waals surface area contributed by atoms with Crippen molar-refractivity contribution < 1.29 is 0 Å². The van der Waals surface area contributed by atoms with Crippen molar-refractivity contribution in [3.63, 3.8) is 0 Å². The third kappa shape index (κ3) is 2.98. The maximum Gasteiger partial charge on any atom is 0.206 e. The average Bonchev–Trinajstić information content (AvgIpc) is 3.03. The van der Waals surface area contributed by atoms with Crippen molar-refractivity contribution in [3.05, 3.63) is 59.8 Å². The second-order valence-electron chi connectivity index (χ2n) is 7.25. The molecular weight excluding hydrogens is 356 g/mol. The van der Waals surface area contributed by atoms with E-state index in [4.69, 9.17) is 5.73 Å². The molecule has 6 nitrogen and oxygen atoms in total. The number of hydrogen-bond acceptors (Lipinski definition) is 6. The van der Waals surface area contributed by atoms with Gasteiger partial charge in [-0.3, -0.25) is 5.10 Å². The van der Waals surface area contributed by atoms with Gasteiger partial charge in [-0.1, -0.05) is 53.8 Å². The molecule has 2 aromatic heterocycles. The zero-order valence-corrected chi connectivity index (χ0v) is 15.8. The summed E-state index contributed by atoms with van der Waals surface area (Å²) in [6.45, 7) is 2.02. The molecule has 27 heavy (non-hydrogen) atoms. The third-order valence-corrected chi connectivity index (χ3v) is 6.16. The smallest absolute Gasteiger partial charge is 0.206 e. The quantitative estimate of drug-likeness (QED) is 0.496. The molecule has 0 bridgehead atoms. The van der Waals surface area contributed by atoms with Gasteiger partial charge in [0.1, 0.15) is 5.01 Å². The van der Waals surface area contributed by atoms with Gasteiger partial charge < -0.3 is 11.1 Å². The Labute approximate surface area is 160 Å². The molecule has 0 aliphatic heterocycles. The lowest BCUT2D eigenvalue weighted by Crippen LogP contribution is -2.32. The number of anilines is 1. The summed E-state index contributed by atoms with van der Waals surface area (Å²) in [4.78, 5) is 0. The van der Waals surface area contributed by atoms with Crippen molar-refractivity contribution in [2.75, 3.05) is 5.32 Å². The molecule has 0 radical (unpaired) electrons. The first kappa shape index (κ1) is 16.4. The predicted molar refractivity (Wildman–Crippen MR) is 109 cm³/mol. The van der Waals surface area contributed by atoms with Gasteiger partial charge >= 0.3 is 0 Å². The fourth-order valence-electron chi connectivity index (χ4n) is 3.57. The molecule has 4 aromatic rings. The zero-order valence-electron chi connectivity index (χ0n) is 14.9. The Hall–Kier alpha value is -2.77. The molecule has 5 rings (SSSR count). The van der Waals surface area contributed by atoms with Gasteiger partial charge in [-0.15, -0.1) is 10.2 Å². The van der Waals surface area contributed by atoms with Gasteiger partial charge in [0.25, 0.3) is 0 Å². The number of aromatic amines is 1. The van der Waals surface area contributed by atoms with E-state index in [1.807, 2.05) is 19.1 Å². The van der Waals surface area contributed by atoms with E-state index in [9.17, 15) is 0 Å². The fourth-order valence-corrected chi connectivity index (χ4v) is 4.41. The molecule has 2 atom stereocenters. The lowest BCUT2D eigenvalue weighted by Gasteiger charge is -2.17. The molecule has 136 valence electrons. The minimum Gasteiger partial charge on any atom is -0.353 e. The van der Waals surface area contributed by atoms with Crippen LogP contribution in [0.1, 0.15) is 17.7 Å². The topological polar surface area (TPSA) is 92.5 Å². The molecule has 1 unspecified atom stereocenters. The van der Waals surface area contributed by atoms with Crippen LogP contribution in [0.25, 0.3) is 21.5 Å². The predicted octanol–water partition coefficient (Wildman–Crippen LogP) is 3.51. The fraction of sp³-hybridized carbons (Fsp3) is 0.250. The monoisotopic (exact) mass is 376 g/mol. The van der Waals surface area contributed by atoms with Crippen LogP contribution in [0, 0.1) is 6.92 Å². The van der Waals surface area contributed by atoms with E-state index >= 15 is 0 Å². The van der Waals surface area contributed by atoms with Gasteiger partial charge in [0.2, 0.25) is 5.13 Å². The molecule has 0 saturated heterocycles. The van der Waals surface area contributed by atoms with Gasteiger partial charge in [-0.2, -0.15) is 5.10 Å². The average molecular weight is 376 g/mol. The van der Waals surface area contributed by atoms with Crippen LogP contribution in [0.15, 0.2) is 48.5 Å². The maximum absolute atomic E-state index is 6.26. The summed E-state index contributed by atoms with van der Waals surface area (Å²) in [5.74, 6) is 0. The van der Waals surface area contributed by atoms with Crippen molar-refractivity contribution in [1.82, 2.24) is 20.4 Å². The Morgan fingerprint density at radius 1 is 1.22 bits per heavy atom. The first-order valence-electron chi connectivity index (χ1n) is 8.99. The first-order valence-corrected chi connectivity index (χ1v) is 9.81. The molecule has 4 N–H and O–H groups in total. The molecule has 0 amide bonds. The highest BCUT2D eigenvalue weighted by Crippen LogP contribution is 2.42. The zero-order chi connectivity index (χ0) is 18.4. The highest BCUT2D eigenvalue weighted by Gasteiger charge is 2.52. The second kappa shape index (κ2) is 6.14.